The number of aromatic nitrogens is 5. The van der Waals surface area contributed by atoms with Crippen molar-refractivity contribution in [2.45, 2.75) is 13.0 Å². The van der Waals surface area contributed by atoms with Crippen molar-refractivity contribution in [1.82, 2.24) is 24.7 Å². The standard InChI is InChI=1S/C24H18N8O/c1-15-20(23(33)29-19-6-2-3-12-27-19)21(17-9-7-16(13-25)8-10-17)32-24(28-15)30-22(31-32)18-5-4-11-26-14-18/h2-12,14,21H,1H3,(H,27,29,33)(H,28,30,31). The highest BCUT2D eigenvalue weighted by molar-refractivity contribution is 6.05. The molecule has 0 radical (unpaired) electrons. The minimum atomic E-state index is -0.560. The SMILES string of the molecule is CC1=C(C(=O)Nc2ccccn2)C(c2ccc(C#N)cc2)n2nc(-c3cccnc3)nc2N1. The average Bonchev–Trinajstić information content (AvgIpc) is 3.28. The van der Waals surface area contributed by atoms with Crippen LogP contribution in [0.25, 0.3) is 11.4 Å². The van der Waals surface area contributed by atoms with Crippen LogP contribution in [0.2, 0.25) is 0 Å². The molecule has 3 aromatic heterocycles. The van der Waals surface area contributed by atoms with Gasteiger partial charge in [0.05, 0.1) is 17.2 Å². The Morgan fingerprint density at radius 1 is 1.12 bits per heavy atom. The van der Waals surface area contributed by atoms with Gasteiger partial charge in [0, 0.05) is 29.9 Å². The summed E-state index contributed by atoms with van der Waals surface area (Å²) in [6, 6.07) is 17.7. The van der Waals surface area contributed by atoms with Crippen LogP contribution in [-0.2, 0) is 4.79 Å². The third kappa shape index (κ3) is 3.81. The molecule has 1 atom stereocenters. The van der Waals surface area contributed by atoms with Gasteiger partial charge in [-0.3, -0.25) is 9.78 Å². The quantitative estimate of drug-likeness (QED) is 0.504. The number of benzene rings is 1. The van der Waals surface area contributed by atoms with E-state index in [2.05, 4.69) is 31.7 Å². The Balaban J connectivity index is 1.61. The fraction of sp³-hybridized carbons (Fsp3) is 0.0833. The molecular formula is C24H18N8O. The number of fused-ring (bicyclic) bond motifs is 1. The van der Waals surface area contributed by atoms with Gasteiger partial charge in [-0.2, -0.15) is 10.2 Å². The first-order valence-corrected chi connectivity index (χ1v) is 10.2. The summed E-state index contributed by atoms with van der Waals surface area (Å²) in [4.78, 5) is 26.4. The first kappa shape index (κ1) is 20.1. The highest BCUT2D eigenvalue weighted by atomic mass is 16.1. The Morgan fingerprint density at radius 3 is 2.67 bits per heavy atom. The second-order valence-electron chi connectivity index (χ2n) is 7.41. The van der Waals surface area contributed by atoms with Crippen LogP contribution in [0, 0.1) is 11.3 Å². The van der Waals surface area contributed by atoms with Gasteiger partial charge in [-0.15, -0.1) is 5.10 Å². The number of pyridine rings is 2. The number of carbonyl (C=O) groups is 1. The predicted molar refractivity (Wildman–Crippen MR) is 122 cm³/mol. The number of hydrogen-bond donors (Lipinski definition) is 2. The molecule has 33 heavy (non-hydrogen) atoms. The fourth-order valence-electron chi connectivity index (χ4n) is 3.73. The molecule has 1 aliphatic rings. The van der Waals surface area contributed by atoms with Gasteiger partial charge in [-0.05, 0) is 48.9 Å². The first-order chi connectivity index (χ1) is 16.1. The molecule has 9 nitrogen and oxygen atoms in total. The molecule has 9 heteroatoms. The van der Waals surface area contributed by atoms with E-state index in [4.69, 9.17) is 5.10 Å². The minimum absolute atomic E-state index is 0.308. The molecule has 1 amide bonds. The van der Waals surface area contributed by atoms with E-state index in [9.17, 15) is 10.1 Å². The van der Waals surface area contributed by atoms with Crippen LogP contribution < -0.4 is 10.6 Å². The summed E-state index contributed by atoms with van der Waals surface area (Å²) in [5.74, 6) is 1.14. The number of amides is 1. The highest BCUT2D eigenvalue weighted by Gasteiger charge is 2.34. The molecule has 5 rings (SSSR count). The van der Waals surface area contributed by atoms with Crippen molar-refractivity contribution in [3.05, 3.63) is 95.6 Å². The maximum Gasteiger partial charge on any atom is 0.257 e. The van der Waals surface area contributed by atoms with E-state index < -0.39 is 6.04 Å². The van der Waals surface area contributed by atoms with Crippen LogP contribution in [0.5, 0.6) is 0 Å². The number of nitriles is 1. The molecule has 0 bridgehead atoms. The molecule has 0 saturated carbocycles. The van der Waals surface area contributed by atoms with Crippen LogP contribution in [0.1, 0.15) is 24.1 Å². The number of rotatable bonds is 4. The summed E-state index contributed by atoms with van der Waals surface area (Å²) < 4.78 is 1.68. The van der Waals surface area contributed by atoms with Crippen LogP contribution >= 0.6 is 0 Å². The maximum absolute atomic E-state index is 13.4. The zero-order valence-electron chi connectivity index (χ0n) is 17.6. The summed E-state index contributed by atoms with van der Waals surface area (Å²) in [6.07, 6.45) is 4.99. The molecule has 0 aliphatic carbocycles. The molecule has 1 aliphatic heterocycles. The normalized spacial score (nSPS) is 14.7. The smallest absolute Gasteiger partial charge is 0.257 e. The van der Waals surface area contributed by atoms with Crippen LogP contribution in [0.4, 0.5) is 11.8 Å². The summed E-state index contributed by atoms with van der Waals surface area (Å²) in [5.41, 5.74) is 3.21. The van der Waals surface area contributed by atoms with Crippen LogP contribution in [0.15, 0.2) is 84.5 Å². The molecule has 0 spiro atoms. The van der Waals surface area contributed by atoms with Crippen molar-refractivity contribution in [2.24, 2.45) is 0 Å². The predicted octanol–water partition coefficient (Wildman–Crippen LogP) is 3.53. The first-order valence-electron chi connectivity index (χ1n) is 10.2. The zero-order valence-corrected chi connectivity index (χ0v) is 17.6. The van der Waals surface area contributed by atoms with Crippen molar-refractivity contribution < 1.29 is 4.79 Å². The Morgan fingerprint density at radius 2 is 1.97 bits per heavy atom. The average molecular weight is 434 g/mol. The van der Waals surface area contributed by atoms with Gasteiger partial charge in [0.15, 0.2) is 5.82 Å². The fourth-order valence-corrected chi connectivity index (χ4v) is 3.73. The van der Waals surface area contributed by atoms with E-state index in [0.29, 0.717) is 34.4 Å². The van der Waals surface area contributed by atoms with Crippen molar-refractivity contribution in [2.75, 3.05) is 10.6 Å². The van der Waals surface area contributed by atoms with E-state index in [0.717, 1.165) is 11.1 Å². The lowest BCUT2D eigenvalue weighted by atomic mass is 9.94. The van der Waals surface area contributed by atoms with Gasteiger partial charge < -0.3 is 10.6 Å². The molecule has 1 aromatic carbocycles. The highest BCUT2D eigenvalue weighted by Crippen LogP contribution is 2.36. The molecule has 4 aromatic rings. The Bertz CT molecular complexity index is 1390. The lowest BCUT2D eigenvalue weighted by molar-refractivity contribution is -0.113. The number of nitrogens with one attached hydrogen (secondary N) is 2. The Labute approximate surface area is 189 Å². The topological polar surface area (TPSA) is 121 Å². The van der Waals surface area contributed by atoms with E-state index >= 15 is 0 Å². The molecule has 0 fully saturated rings. The van der Waals surface area contributed by atoms with Crippen molar-refractivity contribution in [3.8, 4) is 17.5 Å². The molecule has 160 valence electrons. The molecule has 1 unspecified atom stereocenters. The molecular weight excluding hydrogens is 416 g/mol. The van der Waals surface area contributed by atoms with E-state index in [1.807, 2.05) is 31.2 Å². The second kappa shape index (κ2) is 8.36. The van der Waals surface area contributed by atoms with Crippen molar-refractivity contribution >= 4 is 17.7 Å². The van der Waals surface area contributed by atoms with E-state index in [1.54, 1.807) is 53.6 Å². The molecule has 2 N–H and O–H groups in total. The third-order valence-electron chi connectivity index (χ3n) is 5.28. The summed E-state index contributed by atoms with van der Waals surface area (Å²) in [7, 11) is 0. The monoisotopic (exact) mass is 434 g/mol. The van der Waals surface area contributed by atoms with Gasteiger partial charge in [0.1, 0.15) is 11.9 Å². The Kier molecular flexibility index (Phi) is 5.09. The van der Waals surface area contributed by atoms with Crippen LogP contribution in [-0.4, -0.2) is 30.6 Å². The third-order valence-corrected chi connectivity index (χ3v) is 5.28. The van der Waals surface area contributed by atoms with Gasteiger partial charge in [0.25, 0.3) is 5.91 Å². The maximum atomic E-state index is 13.4. The van der Waals surface area contributed by atoms with Crippen molar-refractivity contribution in [1.29, 1.82) is 5.26 Å². The van der Waals surface area contributed by atoms with Crippen LogP contribution in [0.3, 0.4) is 0 Å². The van der Waals surface area contributed by atoms with Gasteiger partial charge in [0.2, 0.25) is 5.95 Å². The minimum Gasteiger partial charge on any atom is -0.328 e. The molecule has 4 heterocycles. The summed E-state index contributed by atoms with van der Waals surface area (Å²) >= 11 is 0. The van der Waals surface area contributed by atoms with Crippen molar-refractivity contribution in [3.63, 3.8) is 0 Å². The zero-order chi connectivity index (χ0) is 22.8. The summed E-state index contributed by atoms with van der Waals surface area (Å²) in [5, 5.41) is 20.0. The van der Waals surface area contributed by atoms with Gasteiger partial charge in [-0.25, -0.2) is 9.67 Å². The van der Waals surface area contributed by atoms with E-state index in [1.165, 1.54) is 0 Å². The Hall–Kier alpha value is -4.84. The number of hydrogen-bond acceptors (Lipinski definition) is 7. The largest absolute Gasteiger partial charge is 0.328 e. The van der Waals surface area contributed by atoms with Gasteiger partial charge in [-0.1, -0.05) is 18.2 Å². The van der Waals surface area contributed by atoms with E-state index in [-0.39, 0.29) is 5.91 Å². The second-order valence-corrected chi connectivity index (χ2v) is 7.41. The number of allylic oxidation sites excluding steroid dienone is 1. The lowest BCUT2D eigenvalue weighted by Gasteiger charge is -2.28. The number of anilines is 2. The number of carbonyl (C=O) groups excluding carboxylic acids is 1. The lowest BCUT2D eigenvalue weighted by Crippen LogP contribution is -2.31. The number of nitrogens with zero attached hydrogens (tertiary/aromatic N) is 6. The van der Waals surface area contributed by atoms with Gasteiger partial charge >= 0.3 is 0 Å². The molecule has 0 saturated heterocycles. The summed E-state index contributed by atoms with van der Waals surface area (Å²) in [6.45, 7) is 1.83.